The van der Waals surface area contributed by atoms with Gasteiger partial charge in [0.15, 0.2) is 44.1 Å². The van der Waals surface area contributed by atoms with E-state index in [0.717, 1.165) is 26.7 Å². The minimum absolute atomic E-state index is 0.0430. The zero-order valence-electron chi connectivity index (χ0n) is 56.3. The number of carbonyl (C=O) groups excluding carboxylic acids is 6. The lowest BCUT2D eigenvalue weighted by Crippen LogP contribution is -2.35. The van der Waals surface area contributed by atoms with E-state index in [1.54, 1.807) is 19.1 Å². The maximum Gasteiger partial charge on any atom is 0.338 e. The number of hydrogen-bond acceptors (Lipinski definition) is 12. The number of benzene rings is 10. The zero-order valence-corrected chi connectivity index (χ0v) is 65.2. The third-order valence-corrected chi connectivity index (χ3v) is 25.1. The number of fused-ring (bicyclic) bond motifs is 2. The summed E-state index contributed by atoms with van der Waals surface area (Å²) in [5.74, 6) is 0.304. The molecule has 522 valence electrons. The molecule has 2 saturated carbocycles. The molecule has 10 aromatic rings. The van der Waals surface area contributed by atoms with Gasteiger partial charge < -0.3 is 28.4 Å². The second kappa shape index (κ2) is 39.8. The third-order valence-electron chi connectivity index (χ3n) is 16.8. The molecule has 0 saturated heterocycles. The Bertz CT molecular complexity index is 4150. The highest BCUT2D eigenvalue weighted by atomic mass is 127. The van der Waals surface area contributed by atoms with Gasteiger partial charge in [0.05, 0.1) is 55.5 Å². The molecule has 7 atom stereocenters. The van der Waals surface area contributed by atoms with Gasteiger partial charge in [0.2, 0.25) is 0 Å². The molecular formula is C84H78I3O12S3+3. The molecule has 12 rings (SSSR count). The van der Waals surface area contributed by atoms with Crippen LogP contribution in [0, 0.1) is 17.8 Å². The van der Waals surface area contributed by atoms with Crippen LogP contribution in [0.25, 0.3) is 0 Å². The van der Waals surface area contributed by atoms with Gasteiger partial charge in [-0.2, -0.15) is 0 Å². The fourth-order valence-electron chi connectivity index (χ4n) is 12.1. The number of halogens is 3. The molecule has 7 unspecified atom stereocenters. The number of esters is 6. The fourth-order valence-corrected chi connectivity index (χ4v) is 18.8. The first kappa shape index (κ1) is 76.9. The highest BCUT2D eigenvalue weighted by Gasteiger charge is 2.46. The van der Waals surface area contributed by atoms with Gasteiger partial charge in [-0.05, 0) is 202 Å². The van der Waals surface area contributed by atoms with Crippen LogP contribution in [-0.4, -0.2) is 67.4 Å². The Balaban J connectivity index is 0.000000166. The quantitative estimate of drug-likeness (QED) is 0.00962. The Kier molecular flexibility index (Phi) is 30.0. The van der Waals surface area contributed by atoms with E-state index in [0.29, 0.717) is 28.9 Å². The van der Waals surface area contributed by atoms with Crippen molar-refractivity contribution < 1.29 is 57.2 Å². The van der Waals surface area contributed by atoms with Crippen LogP contribution in [0.1, 0.15) is 74.4 Å². The molecule has 0 aliphatic heterocycles. The van der Waals surface area contributed by atoms with E-state index in [9.17, 15) is 28.8 Å². The van der Waals surface area contributed by atoms with E-state index in [2.05, 4.69) is 120 Å². The lowest BCUT2D eigenvalue weighted by molar-refractivity contribution is -0.156. The van der Waals surface area contributed by atoms with Gasteiger partial charge in [-0.25, -0.2) is 4.79 Å². The second-order valence-electron chi connectivity index (χ2n) is 24.0. The molecule has 2 aliphatic carbocycles. The summed E-state index contributed by atoms with van der Waals surface area (Å²) in [6.07, 6.45) is 3.59. The first-order valence-corrected chi connectivity index (χ1v) is 41.2. The predicted molar refractivity (Wildman–Crippen MR) is 426 cm³/mol. The largest absolute Gasteiger partial charge is 0.461 e. The molecule has 10 aromatic carbocycles. The summed E-state index contributed by atoms with van der Waals surface area (Å²) in [4.78, 5) is 84.4. The molecular weight excluding hydrogens is 1680 g/mol. The van der Waals surface area contributed by atoms with Crippen LogP contribution >= 0.6 is 67.8 Å². The average molecular weight is 1760 g/mol. The van der Waals surface area contributed by atoms with Crippen molar-refractivity contribution in [3.63, 3.8) is 0 Å². The smallest absolute Gasteiger partial charge is 0.338 e. The van der Waals surface area contributed by atoms with Gasteiger partial charge in [-0.1, -0.05) is 214 Å². The number of ether oxygens (including phenoxy) is 6. The van der Waals surface area contributed by atoms with E-state index in [1.165, 1.54) is 48.6 Å². The molecule has 0 spiro atoms. The number of rotatable bonds is 26. The highest BCUT2D eigenvalue weighted by Crippen LogP contribution is 2.51. The van der Waals surface area contributed by atoms with Gasteiger partial charge in [0.25, 0.3) is 0 Å². The number of carbonyl (C=O) groups is 6. The van der Waals surface area contributed by atoms with Gasteiger partial charge >= 0.3 is 35.8 Å². The molecule has 2 bridgehead atoms. The summed E-state index contributed by atoms with van der Waals surface area (Å²) in [7, 11) is -0.797. The van der Waals surface area contributed by atoms with Crippen LogP contribution in [-0.2, 0) is 75.6 Å². The summed E-state index contributed by atoms with van der Waals surface area (Å²) >= 11 is 5.99. The molecule has 12 nitrogen and oxygen atoms in total. The SMILES string of the molecule is CC(I)C(=O)OC(CC(=O)Oc1ccc([S+](c2ccccc2)c2ccccc2)cc1)C1CC2CCC1C2.CC(I)C(=O)OC(CC(=O)Oc1ccc([S+](c2ccccc2)c2ccccc2)cc1)c1ccccc1.O=C(CI)OCCOC(=O)c1ccc([S+](c2ccccc2)c2ccccc2)cc1. The summed E-state index contributed by atoms with van der Waals surface area (Å²) in [6, 6.07) is 94.5. The number of hydrogen-bond donors (Lipinski definition) is 0. The van der Waals surface area contributed by atoms with Crippen molar-refractivity contribution in [2.75, 3.05) is 17.6 Å². The minimum atomic E-state index is -0.704. The van der Waals surface area contributed by atoms with Gasteiger partial charge in [-0.15, -0.1) is 0 Å². The standard InChI is InChI=1S/C31H32IO4S.C30H26IO4S.C23H20IO4S/c1-21(32)31(34)36-29(28-19-22-12-13-23(28)18-22)20-30(33)35-24-14-16-27(17-15-24)37(25-8-4-2-5-9-25)26-10-6-3-7-11-26;1-22(31)30(33)35-28(23-11-5-2-6-12-23)21-29(32)34-24-17-19-27(20-18-24)36(25-13-7-3-8-14-25)26-15-9-4-10-16-26;24-17-22(25)27-15-16-28-23(26)18-11-13-21(14-12-18)29(19-7-3-1-4-8-19)20-9-5-2-6-10-20/h2-11,14-17,21-23,28-29H,12-13,18-20H2,1H3;2-20,22,28H,21H2,1H3;1-14H,15-17H2/q3*+1. The van der Waals surface area contributed by atoms with E-state index >= 15 is 0 Å². The topological polar surface area (TPSA) is 158 Å². The summed E-state index contributed by atoms with van der Waals surface area (Å²) in [6.45, 7) is 3.68. The first-order valence-electron chi connectivity index (χ1n) is 33.6. The second-order valence-corrected chi connectivity index (χ2v) is 34.6. The molecule has 0 N–H and O–H groups in total. The van der Waals surface area contributed by atoms with E-state index in [-0.39, 0.29) is 101 Å². The van der Waals surface area contributed by atoms with Crippen molar-refractivity contribution in [3.05, 3.63) is 296 Å². The van der Waals surface area contributed by atoms with Gasteiger partial charge in [0, 0.05) is 0 Å². The van der Waals surface area contributed by atoms with Crippen molar-refractivity contribution in [2.24, 2.45) is 17.8 Å². The van der Waals surface area contributed by atoms with Gasteiger partial charge in [-0.3, -0.25) is 24.0 Å². The summed E-state index contributed by atoms with van der Waals surface area (Å²) in [5.41, 5.74) is 1.23. The summed E-state index contributed by atoms with van der Waals surface area (Å²) in [5, 5.41) is 0. The molecule has 0 aromatic heterocycles. The van der Waals surface area contributed by atoms with Crippen LogP contribution in [0.2, 0.25) is 0 Å². The Morgan fingerprint density at radius 1 is 0.392 bits per heavy atom. The first-order chi connectivity index (χ1) is 49.7. The maximum atomic E-state index is 13.0. The zero-order chi connectivity index (χ0) is 71.6. The van der Waals surface area contributed by atoms with Crippen molar-refractivity contribution in [1.82, 2.24) is 0 Å². The molecule has 0 radical (unpaired) electrons. The molecule has 0 amide bonds. The molecule has 18 heteroatoms. The lowest BCUT2D eigenvalue weighted by atomic mass is 9.83. The molecule has 2 aliphatic rings. The van der Waals surface area contributed by atoms with Crippen LogP contribution in [0.4, 0.5) is 0 Å². The van der Waals surface area contributed by atoms with Crippen molar-refractivity contribution in [2.45, 2.75) is 116 Å². The Labute approximate surface area is 646 Å². The van der Waals surface area contributed by atoms with Crippen molar-refractivity contribution >= 4 is 136 Å². The molecule has 0 heterocycles. The van der Waals surface area contributed by atoms with Crippen LogP contribution in [0.3, 0.4) is 0 Å². The third kappa shape index (κ3) is 22.6. The van der Waals surface area contributed by atoms with Crippen LogP contribution < -0.4 is 9.47 Å². The average Bonchev–Trinajstić information content (AvgIpc) is 1.83. The Morgan fingerprint density at radius 3 is 1.09 bits per heavy atom. The maximum absolute atomic E-state index is 13.0. The van der Waals surface area contributed by atoms with Gasteiger partial charge in [0.1, 0.15) is 44.8 Å². The minimum Gasteiger partial charge on any atom is -0.461 e. The van der Waals surface area contributed by atoms with E-state index < -0.39 is 24.1 Å². The normalized spacial score (nSPS) is 15.4. The Hall–Kier alpha value is -7.74. The van der Waals surface area contributed by atoms with E-state index in [4.69, 9.17) is 28.4 Å². The summed E-state index contributed by atoms with van der Waals surface area (Å²) < 4.78 is 32.6. The van der Waals surface area contributed by atoms with E-state index in [1.807, 2.05) is 228 Å². The van der Waals surface area contributed by atoms with Crippen LogP contribution in [0.15, 0.2) is 329 Å². The molecule has 102 heavy (non-hydrogen) atoms. The van der Waals surface area contributed by atoms with Crippen LogP contribution in [0.5, 0.6) is 11.5 Å². The monoisotopic (exact) mass is 1760 g/mol. The number of alkyl halides is 3. The fraction of sp³-hybridized carbons (Fsp3) is 0.214. The van der Waals surface area contributed by atoms with Crippen molar-refractivity contribution in [1.29, 1.82) is 0 Å². The predicted octanol–water partition coefficient (Wildman–Crippen LogP) is 19.4. The Morgan fingerprint density at radius 2 is 0.735 bits per heavy atom. The molecule has 2 fully saturated rings. The van der Waals surface area contributed by atoms with Crippen molar-refractivity contribution in [3.8, 4) is 11.5 Å². The lowest BCUT2D eigenvalue weighted by Gasteiger charge is -2.30. The highest BCUT2D eigenvalue weighted by molar-refractivity contribution is 14.1.